The van der Waals surface area contributed by atoms with E-state index < -0.39 is 5.97 Å². The average molecular weight is 328 g/mol. The molecule has 0 saturated heterocycles. The zero-order valence-electron chi connectivity index (χ0n) is 11.7. The molecule has 0 aliphatic heterocycles. The van der Waals surface area contributed by atoms with Crippen LogP contribution in [-0.2, 0) is 17.8 Å². The second-order valence-electron chi connectivity index (χ2n) is 4.68. The summed E-state index contributed by atoms with van der Waals surface area (Å²) in [6, 6.07) is 8.90. The molecule has 2 rings (SSSR count). The predicted octanol–water partition coefficient (Wildman–Crippen LogP) is 4.01. The molecule has 0 radical (unpaired) electrons. The lowest BCUT2D eigenvalue weighted by molar-refractivity contribution is 0.0561. The molecule has 0 N–H and O–H groups in total. The van der Waals surface area contributed by atoms with Crippen molar-refractivity contribution in [1.29, 1.82) is 0 Å². The van der Waals surface area contributed by atoms with Gasteiger partial charge >= 0.3 is 5.97 Å². The first-order valence-electron chi connectivity index (χ1n) is 6.29. The highest BCUT2D eigenvalue weighted by Crippen LogP contribution is 2.23. The van der Waals surface area contributed by atoms with Crippen LogP contribution < -0.4 is 0 Å². The molecule has 0 atom stereocenters. The van der Waals surface area contributed by atoms with Crippen LogP contribution in [0.3, 0.4) is 0 Å². The second-order valence-corrected chi connectivity index (χ2v) is 5.49. The van der Waals surface area contributed by atoms with Crippen LogP contribution in [0, 0.1) is 0 Å². The SMILES string of the molecule is COC(=O)c1ccc(CN(C)Cc2ccc(Cl)c(Cl)c2)o1. The lowest BCUT2D eigenvalue weighted by atomic mass is 10.2. The molecule has 0 saturated carbocycles. The Kier molecular flexibility index (Phi) is 5.28. The van der Waals surface area contributed by atoms with Crippen LogP contribution in [-0.4, -0.2) is 25.0 Å². The van der Waals surface area contributed by atoms with Crippen molar-refractivity contribution in [2.75, 3.05) is 14.2 Å². The summed E-state index contributed by atoms with van der Waals surface area (Å²) in [6.45, 7) is 1.25. The number of rotatable bonds is 5. The van der Waals surface area contributed by atoms with Crippen molar-refractivity contribution in [2.24, 2.45) is 0 Å². The van der Waals surface area contributed by atoms with E-state index in [9.17, 15) is 4.79 Å². The smallest absolute Gasteiger partial charge is 0.373 e. The second kappa shape index (κ2) is 6.98. The minimum atomic E-state index is -0.478. The van der Waals surface area contributed by atoms with Gasteiger partial charge in [-0.05, 0) is 36.9 Å². The topological polar surface area (TPSA) is 42.7 Å². The minimum Gasteiger partial charge on any atom is -0.463 e. The van der Waals surface area contributed by atoms with Gasteiger partial charge in [0.15, 0.2) is 0 Å². The summed E-state index contributed by atoms with van der Waals surface area (Å²) in [6.07, 6.45) is 0. The fraction of sp³-hybridized carbons (Fsp3) is 0.267. The molecule has 0 spiro atoms. The maximum absolute atomic E-state index is 11.3. The number of methoxy groups -OCH3 is 1. The molecule has 6 heteroatoms. The fourth-order valence-corrected chi connectivity index (χ4v) is 2.27. The maximum Gasteiger partial charge on any atom is 0.373 e. The highest BCUT2D eigenvalue weighted by molar-refractivity contribution is 6.42. The van der Waals surface area contributed by atoms with Crippen LogP contribution in [0.25, 0.3) is 0 Å². The Bertz CT molecular complexity index is 640. The number of esters is 1. The number of ether oxygens (including phenoxy) is 1. The van der Waals surface area contributed by atoms with Crippen LogP contribution in [0.5, 0.6) is 0 Å². The highest BCUT2D eigenvalue weighted by Gasteiger charge is 2.12. The Morgan fingerprint density at radius 3 is 2.62 bits per heavy atom. The number of nitrogens with zero attached hydrogens (tertiary/aromatic N) is 1. The van der Waals surface area contributed by atoms with Crippen molar-refractivity contribution in [3.8, 4) is 0 Å². The lowest BCUT2D eigenvalue weighted by Crippen LogP contribution is -2.16. The largest absolute Gasteiger partial charge is 0.463 e. The van der Waals surface area contributed by atoms with Crippen molar-refractivity contribution < 1.29 is 13.9 Å². The Balaban J connectivity index is 1.97. The zero-order valence-corrected chi connectivity index (χ0v) is 13.2. The molecule has 0 amide bonds. The van der Waals surface area contributed by atoms with E-state index in [-0.39, 0.29) is 5.76 Å². The van der Waals surface area contributed by atoms with Crippen LogP contribution in [0.15, 0.2) is 34.7 Å². The van der Waals surface area contributed by atoms with E-state index in [0.29, 0.717) is 28.9 Å². The minimum absolute atomic E-state index is 0.204. The van der Waals surface area contributed by atoms with Gasteiger partial charge in [-0.15, -0.1) is 0 Å². The van der Waals surface area contributed by atoms with Gasteiger partial charge in [0.25, 0.3) is 0 Å². The highest BCUT2D eigenvalue weighted by atomic mass is 35.5. The number of hydrogen-bond donors (Lipinski definition) is 0. The lowest BCUT2D eigenvalue weighted by Gasteiger charge is -2.15. The monoisotopic (exact) mass is 327 g/mol. The van der Waals surface area contributed by atoms with Gasteiger partial charge in [0.2, 0.25) is 5.76 Å². The Morgan fingerprint density at radius 2 is 1.95 bits per heavy atom. The van der Waals surface area contributed by atoms with Crippen molar-refractivity contribution in [3.05, 3.63) is 57.5 Å². The van der Waals surface area contributed by atoms with Crippen LogP contribution in [0.4, 0.5) is 0 Å². The third kappa shape index (κ3) is 4.24. The first kappa shape index (κ1) is 15.9. The van der Waals surface area contributed by atoms with Crippen molar-refractivity contribution >= 4 is 29.2 Å². The molecule has 0 bridgehead atoms. The number of carbonyl (C=O) groups is 1. The Hall–Kier alpha value is -1.49. The van der Waals surface area contributed by atoms with E-state index in [2.05, 4.69) is 4.74 Å². The number of furan rings is 1. The average Bonchev–Trinajstić information content (AvgIpc) is 2.90. The third-order valence-electron chi connectivity index (χ3n) is 2.91. The van der Waals surface area contributed by atoms with Crippen LogP contribution in [0.2, 0.25) is 10.0 Å². The molecular formula is C15H15Cl2NO3. The molecule has 112 valence electrons. The molecular weight excluding hydrogens is 313 g/mol. The molecule has 0 unspecified atom stereocenters. The fourth-order valence-electron chi connectivity index (χ4n) is 1.94. The molecule has 4 nitrogen and oxygen atoms in total. The summed E-state index contributed by atoms with van der Waals surface area (Å²) in [5.74, 6) is 0.418. The molecule has 0 aliphatic carbocycles. The number of benzene rings is 1. The number of carbonyl (C=O) groups excluding carboxylic acids is 1. The zero-order chi connectivity index (χ0) is 15.4. The van der Waals surface area contributed by atoms with Gasteiger partial charge in [0.05, 0.1) is 23.7 Å². The van der Waals surface area contributed by atoms with Crippen LogP contribution >= 0.6 is 23.2 Å². The molecule has 1 heterocycles. The van der Waals surface area contributed by atoms with Gasteiger partial charge in [0, 0.05) is 6.54 Å². The van der Waals surface area contributed by atoms with Gasteiger partial charge in [-0.25, -0.2) is 4.79 Å². The van der Waals surface area contributed by atoms with Crippen LogP contribution in [0.1, 0.15) is 21.9 Å². The maximum atomic E-state index is 11.3. The van der Waals surface area contributed by atoms with Gasteiger partial charge in [0.1, 0.15) is 5.76 Å². The van der Waals surface area contributed by atoms with E-state index in [1.807, 2.05) is 24.1 Å². The molecule has 21 heavy (non-hydrogen) atoms. The molecule has 0 aliphatic rings. The van der Waals surface area contributed by atoms with Gasteiger partial charge in [-0.3, -0.25) is 4.90 Å². The summed E-state index contributed by atoms with van der Waals surface area (Å²) in [5, 5.41) is 1.07. The molecule has 2 aromatic rings. The summed E-state index contributed by atoms with van der Waals surface area (Å²) in [5.41, 5.74) is 1.05. The molecule has 1 aromatic heterocycles. The molecule has 1 aromatic carbocycles. The van der Waals surface area contributed by atoms with Crippen molar-refractivity contribution in [2.45, 2.75) is 13.1 Å². The quantitative estimate of drug-likeness (QED) is 0.778. The summed E-state index contributed by atoms with van der Waals surface area (Å²) in [7, 11) is 3.27. The molecule has 0 fully saturated rings. The summed E-state index contributed by atoms with van der Waals surface area (Å²) in [4.78, 5) is 13.4. The standard InChI is InChI=1S/C15H15Cl2NO3/c1-18(8-10-3-5-12(16)13(17)7-10)9-11-4-6-14(21-11)15(19)20-2/h3-7H,8-9H2,1-2H3. The third-order valence-corrected chi connectivity index (χ3v) is 3.65. The first-order valence-corrected chi connectivity index (χ1v) is 7.04. The van der Waals surface area contributed by atoms with E-state index in [4.69, 9.17) is 27.6 Å². The van der Waals surface area contributed by atoms with Gasteiger partial charge < -0.3 is 9.15 Å². The van der Waals surface area contributed by atoms with Gasteiger partial charge in [-0.2, -0.15) is 0 Å². The van der Waals surface area contributed by atoms with E-state index in [1.165, 1.54) is 7.11 Å². The Labute approximate surface area is 133 Å². The number of halogens is 2. The summed E-state index contributed by atoms with van der Waals surface area (Å²) >= 11 is 11.9. The first-order chi connectivity index (χ1) is 9.99. The van der Waals surface area contributed by atoms with Crippen molar-refractivity contribution in [1.82, 2.24) is 4.90 Å². The summed E-state index contributed by atoms with van der Waals surface area (Å²) < 4.78 is 10.0. The predicted molar refractivity (Wildman–Crippen MR) is 81.7 cm³/mol. The van der Waals surface area contributed by atoms with E-state index in [1.54, 1.807) is 18.2 Å². The van der Waals surface area contributed by atoms with E-state index in [0.717, 1.165) is 5.56 Å². The van der Waals surface area contributed by atoms with E-state index >= 15 is 0 Å². The van der Waals surface area contributed by atoms with Crippen molar-refractivity contribution in [3.63, 3.8) is 0 Å². The normalized spacial score (nSPS) is 10.9. The number of hydrogen-bond acceptors (Lipinski definition) is 4. The Morgan fingerprint density at radius 1 is 1.19 bits per heavy atom. The van der Waals surface area contributed by atoms with Gasteiger partial charge in [-0.1, -0.05) is 29.3 Å².